The highest BCUT2D eigenvalue weighted by atomic mass is 15.4. The first-order chi connectivity index (χ1) is 6.50. The minimum atomic E-state index is 0.468. The van der Waals surface area contributed by atoms with Crippen molar-refractivity contribution in [2.24, 2.45) is 0 Å². The summed E-state index contributed by atoms with van der Waals surface area (Å²) < 4.78 is 1.72. The molecule has 1 rings (SSSR count). The Hall–Kier alpha value is -1.30. The van der Waals surface area contributed by atoms with Gasteiger partial charge in [-0.05, 0) is 14.1 Å². The third-order valence-electron chi connectivity index (χ3n) is 1.85. The van der Waals surface area contributed by atoms with Gasteiger partial charge < -0.3 is 15.5 Å². The Bertz CT molecular complexity index is 290. The molecule has 0 saturated heterocycles. The Balaban J connectivity index is 2.67. The molecular weight excluding hydrogens is 180 g/mol. The summed E-state index contributed by atoms with van der Waals surface area (Å²) in [5.74, 6) is 1.12. The summed E-state index contributed by atoms with van der Waals surface area (Å²) in [5.41, 5.74) is 5.71. The van der Waals surface area contributed by atoms with Crippen molar-refractivity contribution in [2.75, 3.05) is 45.4 Å². The zero-order valence-electron chi connectivity index (χ0n) is 9.23. The lowest BCUT2D eigenvalue weighted by atomic mass is 10.6. The van der Waals surface area contributed by atoms with E-state index in [9.17, 15) is 0 Å². The second-order valence-electron chi connectivity index (χ2n) is 3.69. The number of likely N-dealkylation sites (N-methyl/N-ethyl adjacent to an activating group) is 1. The number of nitrogens with two attached hydrogens (primary N) is 1. The van der Waals surface area contributed by atoms with Crippen molar-refractivity contribution < 1.29 is 0 Å². The first-order valence-electron chi connectivity index (χ1n) is 4.53. The van der Waals surface area contributed by atoms with Crippen LogP contribution in [0, 0.1) is 0 Å². The van der Waals surface area contributed by atoms with Crippen molar-refractivity contribution in [2.45, 2.75) is 6.54 Å². The molecule has 6 heteroatoms. The van der Waals surface area contributed by atoms with Gasteiger partial charge >= 0.3 is 0 Å². The molecule has 0 saturated carbocycles. The van der Waals surface area contributed by atoms with Gasteiger partial charge in [-0.15, -0.1) is 5.10 Å². The lowest BCUT2D eigenvalue weighted by Gasteiger charge is -2.09. The van der Waals surface area contributed by atoms with Crippen molar-refractivity contribution in [1.82, 2.24) is 19.7 Å². The van der Waals surface area contributed by atoms with Gasteiger partial charge in [-0.3, -0.25) is 0 Å². The van der Waals surface area contributed by atoms with E-state index in [4.69, 9.17) is 5.73 Å². The van der Waals surface area contributed by atoms with Gasteiger partial charge in [0.25, 0.3) is 0 Å². The van der Waals surface area contributed by atoms with Gasteiger partial charge in [0.2, 0.25) is 11.9 Å². The molecule has 1 aromatic rings. The van der Waals surface area contributed by atoms with Crippen LogP contribution in [0.3, 0.4) is 0 Å². The maximum Gasteiger partial charge on any atom is 0.246 e. The van der Waals surface area contributed by atoms with E-state index in [1.54, 1.807) is 4.68 Å². The summed E-state index contributed by atoms with van der Waals surface area (Å²) >= 11 is 0. The van der Waals surface area contributed by atoms with E-state index < -0.39 is 0 Å². The summed E-state index contributed by atoms with van der Waals surface area (Å²) in [4.78, 5) is 8.04. The molecule has 0 bridgehead atoms. The molecular formula is C8H18N6. The first kappa shape index (κ1) is 10.8. The highest BCUT2D eigenvalue weighted by Gasteiger charge is 2.07. The van der Waals surface area contributed by atoms with Crippen LogP contribution < -0.4 is 10.6 Å². The highest BCUT2D eigenvalue weighted by molar-refractivity contribution is 5.32. The van der Waals surface area contributed by atoms with Crippen LogP contribution in [-0.2, 0) is 6.54 Å². The molecule has 0 aliphatic rings. The van der Waals surface area contributed by atoms with Crippen LogP contribution in [0.1, 0.15) is 0 Å². The van der Waals surface area contributed by atoms with E-state index in [0.717, 1.165) is 13.1 Å². The van der Waals surface area contributed by atoms with Gasteiger partial charge in [-0.2, -0.15) is 4.98 Å². The molecule has 1 heterocycles. The van der Waals surface area contributed by atoms with Gasteiger partial charge in [0.15, 0.2) is 0 Å². The van der Waals surface area contributed by atoms with E-state index in [0.29, 0.717) is 11.9 Å². The molecule has 1 aromatic heterocycles. The summed E-state index contributed by atoms with van der Waals surface area (Å²) in [6.45, 7) is 1.67. The molecule has 0 aromatic carbocycles. The number of hydrogen-bond donors (Lipinski definition) is 1. The lowest BCUT2D eigenvalue weighted by Crippen LogP contribution is -2.20. The molecule has 2 N–H and O–H groups in total. The molecule has 0 atom stereocenters. The smallest absolute Gasteiger partial charge is 0.246 e. The first-order valence-corrected chi connectivity index (χ1v) is 4.53. The van der Waals surface area contributed by atoms with Crippen LogP contribution in [0.5, 0.6) is 0 Å². The molecule has 0 aliphatic carbocycles. The van der Waals surface area contributed by atoms with Gasteiger partial charge in [0, 0.05) is 20.6 Å². The van der Waals surface area contributed by atoms with Crippen LogP contribution in [0.4, 0.5) is 11.9 Å². The lowest BCUT2D eigenvalue weighted by molar-refractivity contribution is 0.375. The molecule has 6 nitrogen and oxygen atoms in total. The van der Waals surface area contributed by atoms with Crippen LogP contribution in [0.25, 0.3) is 0 Å². The van der Waals surface area contributed by atoms with E-state index in [1.165, 1.54) is 0 Å². The molecule has 14 heavy (non-hydrogen) atoms. The minimum absolute atomic E-state index is 0.468. The summed E-state index contributed by atoms with van der Waals surface area (Å²) in [5, 5.41) is 4.26. The maximum absolute atomic E-state index is 5.71. The van der Waals surface area contributed by atoms with Gasteiger partial charge in [-0.25, -0.2) is 4.68 Å². The van der Waals surface area contributed by atoms with Crippen molar-refractivity contribution in [1.29, 1.82) is 0 Å². The van der Waals surface area contributed by atoms with Crippen molar-refractivity contribution in [3.63, 3.8) is 0 Å². The third-order valence-corrected chi connectivity index (χ3v) is 1.85. The largest absolute Gasteiger partial charge is 0.368 e. The normalized spacial score (nSPS) is 10.9. The zero-order valence-corrected chi connectivity index (χ0v) is 9.23. The molecule has 0 unspecified atom stereocenters. The number of anilines is 2. The Labute approximate surface area is 84.3 Å². The van der Waals surface area contributed by atoms with Gasteiger partial charge in [-0.1, -0.05) is 0 Å². The van der Waals surface area contributed by atoms with Gasteiger partial charge in [0.1, 0.15) is 0 Å². The fourth-order valence-electron chi connectivity index (χ4n) is 0.990. The number of rotatable bonds is 4. The van der Waals surface area contributed by atoms with Crippen molar-refractivity contribution in [3.05, 3.63) is 0 Å². The van der Waals surface area contributed by atoms with Crippen molar-refractivity contribution in [3.8, 4) is 0 Å². The zero-order chi connectivity index (χ0) is 10.7. The van der Waals surface area contributed by atoms with Gasteiger partial charge in [0.05, 0.1) is 6.54 Å². The molecule has 0 spiro atoms. The SMILES string of the molecule is CN(C)CCn1nc(N(C)C)nc1N. The summed E-state index contributed by atoms with van der Waals surface area (Å²) in [7, 11) is 7.82. The summed E-state index contributed by atoms with van der Waals surface area (Å²) in [6.07, 6.45) is 0. The van der Waals surface area contributed by atoms with E-state index in [1.807, 2.05) is 33.1 Å². The fraction of sp³-hybridized carbons (Fsp3) is 0.750. The Kier molecular flexibility index (Phi) is 3.29. The molecule has 0 fully saturated rings. The summed E-state index contributed by atoms with van der Waals surface area (Å²) in [6, 6.07) is 0. The number of nitrogen functional groups attached to an aromatic ring is 1. The van der Waals surface area contributed by atoms with Crippen LogP contribution in [-0.4, -0.2) is 54.4 Å². The van der Waals surface area contributed by atoms with Crippen LogP contribution in [0.15, 0.2) is 0 Å². The average Bonchev–Trinajstić information content (AvgIpc) is 2.43. The minimum Gasteiger partial charge on any atom is -0.368 e. The number of nitrogens with zero attached hydrogens (tertiary/aromatic N) is 5. The Morgan fingerprint density at radius 3 is 2.36 bits per heavy atom. The molecule has 80 valence electrons. The predicted octanol–water partition coefficient (Wildman–Crippen LogP) is -0.512. The maximum atomic E-state index is 5.71. The second-order valence-corrected chi connectivity index (χ2v) is 3.69. The molecule has 0 aliphatic heterocycles. The second kappa shape index (κ2) is 4.28. The number of aromatic nitrogens is 3. The van der Waals surface area contributed by atoms with E-state index in [2.05, 4.69) is 15.0 Å². The quantitative estimate of drug-likeness (QED) is 0.706. The topological polar surface area (TPSA) is 63.2 Å². The van der Waals surface area contributed by atoms with Crippen LogP contribution >= 0.6 is 0 Å². The fourth-order valence-corrected chi connectivity index (χ4v) is 0.990. The Morgan fingerprint density at radius 2 is 1.93 bits per heavy atom. The van der Waals surface area contributed by atoms with Crippen molar-refractivity contribution >= 4 is 11.9 Å². The third kappa shape index (κ3) is 2.59. The predicted molar refractivity (Wildman–Crippen MR) is 57.3 cm³/mol. The van der Waals surface area contributed by atoms with E-state index >= 15 is 0 Å². The van der Waals surface area contributed by atoms with Crippen LogP contribution in [0.2, 0.25) is 0 Å². The Morgan fingerprint density at radius 1 is 1.29 bits per heavy atom. The highest BCUT2D eigenvalue weighted by Crippen LogP contribution is 2.07. The molecule has 0 amide bonds. The monoisotopic (exact) mass is 198 g/mol. The molecule has 0 radical (unpaired) electrons. The average molecular weight is 198 g/mol. The standard InChI is InChI=1S/C8H18N6/c1-12(2)5-6-14-7(9)10-8(11-14)13(3)4/h5-6H2,1-4H3,(H2,9,10,11). The van der Waals surface area contributed by atoms with E-state index in [-0.39, 0.29) is 0 Å². The number of hydrogen-bond acceptors (Lipinski definition) is 5.